The molecule has 0 amide bonds. The highest BCUT2D eigenvalue weighted by Gasteiger charge is 2.41. The summed E-state index contributed by atoms with van der Waals surface area (Å²) in [6.45, 7) is 11.9. The molecular formula is C22H31FN4S. The first kappa shape index (κ1) is 19.8. The normalized spacial score (nSPS) is 21.2. The largest absolute Gasteiger partial charge is 0.314 e. The lowest BCUT2D eigenvalue weighted by Crippen LogP contribution is -2.58. The summed E-state index contributed by atoms with van der Waals surface area (Å²) >= 11 is 1.77. The molecule has 4 rings (SSSR count). The number of rotatable bonds is 6. The van der Waals surface area contributed by atoms with Gasteiger partial charge < -0.3 is 10.3 Å². The van der Waals surface area contributed by atoms with Gasteiger partial charge in [-0.15, -0.1) is 11.3 Å². The standard InChI is InChI=1S/C22H31FN4S/c1-13(2)9-24-15(4)17-10-27(11-17)22-21-20(26(5)25-22)18(12-28-21)16-7-6-14(3)19(23)8-16/h6-8,12-13,15,17,22,24-25H,9-11H2,1-5H3. The fraction of sp³-hybridized carbons (Fsp3) is 0.545. The van der Waals surface area contributed by atoms with E-state index in [1.54, 1.807) is 24.3 Å². The number of anilines is 1. The fourth-order valence-corrected chi connectivity index (χ4v) is 5.27. The van der Waals surface area contributed by atoms with Crippen LogP contribution in [0.1, 0.15) is 37.4 Å². The van der Waals surface area contributed by atoms with Crippen LogP contribution in [0.3, 0.4) is 0 Å². The highest BCUT2D eigenvalue weighted by atomic mass is 32.1. The molecule has 2 N–H and O–H groups in total. The molecule has 0 spiro atoms. The van der Waals surface area contributed by atoms with E-state index < -0.39 is 0 Å². The van der Waals surface area contributed by atoms with Crippen LogP contribution in [0.25, 0.3) is 11.1 Å². The fourth-order valence-electron chi connectivity index (χ4n) is 4.09. The average Bonchev–Trinajstić information content (AvgIpc) is 3.17. The molecule has 0 saturated carbocycles. The average molecular weight is 403 g/mol. The lowest BCUT2D eigenvalue weighted by Gasteiger charge is -2.45. The van der Waals surface area contributed by atoms with Crippen molar-refractivity contribution in [3.63, 3.8) is 0 Å². The Kier molecular flexibility index (Phi) is 5.49. The molecule has 2 aliphatic heterocycles. The van der Waals surface area contributed by atoms with Crippen LogP contribution in [0.15, 0.2) is 23.6 Å². The molecule has 3 heterocycles. The topological polar surface area (TPSA) is 30.5 Å². The first-order chi connectivity index (χ1) is 13.3. The minimum Gasteiger partial charge on any atom is -0.314 e. The lowest BCUT2D eigenvalue weighted by atomic mass is 9.91. The summed E-state index contributed by atoms with van der Waals surface area (Å²) in [6, 6.07) is 6.08. The number of nitrogens with one attached hydrogen (secondary N) is 2. The third kappa shape index (κ3) is 3.59. The minimum atomic E-state index is -0.143. The molecule has 28 heavy (non-hydrogen) atoms. The van der Waals surface area contributed by atoms with Crippen molar-refractivity contribution < 1.29 is 4.39 Å². The molecule has 152 valence electrons. The van der Waals surface area contributed by atoms with Crippen molar-refractivity contribution in [2.24, 2.45) is 11.8 Å². The van der Waals surface area contributed by atoms with Crippen molar-refractivity contribution >= 4 is 17.0 Å². The van der Waals surface area contributed by atoms with Crippen LogP contribution in [0, 0.1) is 24.6 Å². The zero-order valence-electron chi connectivity index (χ0n) is 17.4. The SMILES string of the molecule is Cc1ccc(-c2csc3c2N(C)NC3N2CC(C(C)NCC(C)C)C2)cc1F. The Hall–Kier alpha value is -1.47. The van der Waals surface area contributed by atoms with Gasteiger partial charge in [0, 0.05) is 37.1 Å². The molecule has 0 aliphatic carbocycles. The lowest BCUT2D eigenvalue weighted by molar-refractivity contribution is 0.0242. The highest BCUT2D eigenvalue weighted by Crippen LogP contribution is 2.47. The Morgan fingerprint density at radius 3 is 2.71 bits per heavy atom. The number of thiophene rings is 1. The first-order valence-electron chi connectivity index (χ1n) is 10.2. The van der Waals surface area contributed by atoms with Gasteiger partial charge in [-0.05, 0) is 49.4 Å². The van der Waals surface area contributed by atoms with Gasteiger partial charge >= 0.3 is 0 Å². The van der Waals surface area contributed by atoms with E-state index in [0.29, 0.717) is 23.4 Å². The number of hydrogen-bond donors (Lipinski definition) is 2. The van der Waals surface area contributed by atoms with E-state index in [2.05, 4.69) is 53.9 Å². The Balaban J connectivity index is 1.47. The second-order valence-electron chi connectivity index (χ2n) is 8.72. The maximum Gasteiger partial charge on any atom is 0.126 e. The molecule has 2 aliphatic rings. The number of likely N-dealkylation sites (tertiary alicyclic amines) is 1. The molecule has 1 aromatic carbocycles. The second-order valence-corrected chi connectivity index (χ2v) is 9.63. The van der Waals surface area contributed by atoms with Crippen molar-refractivity contribution in [1.82, 2.24) is 15.6 Å². The molecular weight excluding hydrogens is 371 g/mol. The van der Waals surface area contributed by atoms with Crippen LogP contribution in [-0.4, -0.2) is 37.6 Å². The van der Waals surface area contributed by atoms with E-state index in [1.807, 2.05) is 12.1 Å². The molecule has 2 unspecified atom stereocenters. The third-order valence-electron chi connectivity index (χ3n) is 6.03. The van der Waals surface area contributed by atoms with Gasteiger partial charge in [-0.25, -0.2) is 9.82 Å². The van der Waals surface area contributed by atoms with Gasteiger partial charge in [0.15, 0.2) is 0 Å². The summed E-state index contributed by atoms with van der Waals surface area (Å²) in [4.78, 5) is 3.84. The van der Waals surface area contributed by atoms with E-state index in [9.17, 15) is 4.39 Å². The number of benzene rings is 1. The van der Waals surface area contributed by atoms with Crippen LogP contribution in [0.2, 0.25) is 0 Å². The Morgan fingerprint density at radius 1 is 1.29 bits per heavy atom. The van der Waals surface area contributed by atoms with Gasteiger partial charge in [0.2, 0.25) is 0 Å². The summed E-state index contributed by atoms with van der Waals surface area (Å²) in [6.07, 6.45) is 0.225. The summed E-state index contributed by atoms with van der Waals surface area (Å²) in [7, 11) is 2.06. The number of fused-ring (bicyclic) bond motifs is 1. The van der Waals surface area contributed by atoms with E-state index in [0.717, 1.165) is 30.8 Å². The summed E-state index contributed by atoms with van der Waals surface area (Å²) in [5.41, 5.74) is 7.54. The predicted molar refractivity (Wildman–Crippen MR) is 116 cm³/mol. The van der Waals surface area contributed by atoms with Gasteiger partial charge in [0.25, 0.3) is 0 Å². The van der Waals surface area contributed by atoms with Crippen LogP contribution in [0.4, 0.5) is 10.1 Å². The monoisotopic (exact) mass is 402 g/mol. The number of nitrogens with zero attached hydrogens (tertiary/aromatic N) is 2. The maximum absolute atomic E-state index is 14.1. The zero-order valence-corrected chi connectivity index (χ0v) is 18.2. The summed E-state index contributed by atoms with van der Waals surface area (Å²) < 4.78 is 14.1. The Labute approximate surface area is 171 Å². The van der Waals surface area contributed by atoms with E-state index in [-0.39, 0.29) is 12.0 Å². The molecule has 0 bridgehead atoms. The summed E-state index contributed by atoms with van der Waals surface area (Å²) in [5, 5.41) is 7.95. The number of aryl methyl sites for hydroxylation is 1. The molecule has 0 radical (unpaired) electrons. The van der Waals surface area contributed by atoms with Gasteiger partial charge in [-0.3, -0.25) is 4.90 Å². The van der Waals surface area contributed by atoms with E-state index >= 15 is 0 Å². The van der Waals surface area contributed by atoms with Crippen LogP contribution in [0.5, 0.6) is 0 Å². The van der Waals surface area contributed by atoms with E-state index in [4.69, 9.17) is 0 Å². The minimum absolute atomic E-state index is 0.143. The van der Waals surface area contributed by atoms with Gasteiger partial charge in [-0.1, -0.05) is 26.0 Å². The number of halogens is 1. The number of hydrazine groups is 1. The van der Waals surface area contributed by atoms with Crippen LogP contribution >= 0.6 is 11.3 Å². The van der Waals surface area contributed by atoms with Gasteiger partial charge in [0.05, 0.1) is 10.6 Å². The second kappa shape index (κ2) is 7.75. The Bertz CT molecular complexity index is 843. The molecule has 1 fully saturated rings. The van der Waals surface area contributed by atoms with E-state index in [1.165, 1.54) is 10.6 Å². The smallest absolute Gasteiger partial charge is 0.126 e. The van der Waals surface area contributed by atoms with Crippen molar-refractivity contribution in [2.45, 2.75) is 39.9 Å². The predicted octanol–water partition coefficient (Wildman–Crippen LogP) is 4.38. The van der Waals surface area contributed by atoms with Crippen molar-refractivity contribution in [3.05, 3.63) is 39.8 Å². The molecule has 1 saturated heterocycles. The molecule has 2 atom stereocenters. The molecule has 1 aromatic heterocycles. The number of hydrogen-bond acceptors (Lipinski definition) is 5. The quantitative estimate of drug-likeness (QED) is 0.751. The van der Waals surface area contributed by atoms with Crippen LogP contribution in [-0.2, 0) is 0 Å². The van der Waals surface area contributed by atoms with Gasteiger partial charge in [0.1, 0.15) is 12.0 Å². The Morgan fingerprint density at radius 2 is 2.04 bits per heavy atom. The van der Waals surface area contributed by atoms with Crippen molar-refractivity contribution in [2.75, 3.05) is 31.7 Å². The first-order valence-corrected chi connectivity index (χ1v) is 11.1. The molecule has 6 heteroatoms. The van der Waals surface area contributed by atoms with Crippen molar-refractivity contribution in [3.8, 4) is 11.1 Å². The van der Waals surface area contributed by atoms with Crippen LogP contribution < -0.4 is 15.8 Å². The summed E-state index contributed by atoms with van der Waals surface area (Å²) in [5.74, 6) is 1.24. The highest BCUT2D eigenvalue weighted by molar-refractivity contribution is 7.11. The molecule has 4 nitrogen and oxygen atoms in total. The maximum atomic E-state index is 14.1. The zero-order chi connectivity index (χ0) is 20.0. The van der Waals surface area contributed by atoms with Crippen molar-refractivity contribution in [1.29, 1.82) is 0 Å². The van der Waals surface area contributed by atoms with Gasteiger partial charge in [-0.2, -0.15) is 0 Å². The molecule has 2 aromatic rings. The third-order valence-corrected chi connectivity index (χ3v) is 7.06.